The van der Waals surface area contributed by atoms with Crippen LogP contribution in [0.5, 0.6) is 5.75 Å². The van der Waals surface area contributed by atoms with E-state index in [0.29, 0.717) is 35.0 Å². The average molecular weight is 403 g/mol. The summed E-state index contributed by atoms with van der Waals surface area (Å²) >= 11 is 0. The van der Waals surface area contributed by atoms with E-state index in [1.807, 2.05) is 6.07 Å². The topological polar surface area (TPSA) is 105 Å². The molecule has 28 heavy (non-hydrogen) atoms. The Kier molecular flexibility index (Phi) is 6.05. The number of halogens is 1. The zero-order valence-electron chi connectivity index (χ0n) is 15.7. The molecule has 0 saturated carbocycles. The summed E-state index contributed by atoms with van der Waals surface area (Å²) in [6.07, 6.45) is 5.87. The average Bonchev–Trinajstić information content (AvgIpc) is 3.33. The summed E-state index contributed by atoms with van der Waals surface area (Å²) in [6.45, 7) is 6.07. The van der Waals surface area contributed by atoms with Crippen LogP contribution in [0.15, 0.2) is 36.8 Å². The molecule has 1 saturated heterocycles. The predicted octanol–water partition coefficient (Wildman–Crippen LogP) is 1.82. The Hall–Kier alpha value is -2.78. The molecular weight excluding hydrogens is 380 g/mol. The molecule has 148 valence electrons. The minimum atomic E-state index is 0. The minimum Gasteiger partial charge on any atom is -0.507 e. The molecule has 1 fully saturated rings. The van der Waals surface area contributed by atoms with Gasteiger partial charge in [0.25, 0.3) is 0 Å². The third kappa shape index (κ3) is 4.20. The fraction of sp³-hybridized carbons (Fsp3) is 0.389. The van der Waals surface area contributed by atoms with Crippen molar-refractivity contribution in [3.8, 4) is 22.7 Å². The SMILES string of the molecule is CC(C)N[C@H]1CCN(c2ncc(-c3ccc(-n4nccn4)cc3O)nn2)C1.Cl. The molecule has 0 radical (unpaired) electrons. The van der Waals surface area contributed by atoms with Gasteiger partial charge in [0.15, 0.2) is 0 Å². The van der Waals surface area contributed by atoms with Crippen LogP contribution < -0.4 is 10.2 Å². The highest BCUT2D eigenvalue weighted by Crippen LogP contribution is 2.29. The van der Waals surface area contributed by atoms with E-state index >= 15 is 0 Å². The van der Waals surface area contributed by atoms with Gasteiger partial charge in [0.05, 0.1) is 24.3 Å². The number of nitrogens with zero attached hydrogens (tertiary/aromatic N) is 7. The Labute approximate surface area is 169 Å². The van der Waals surface area contributed by atoms with Gasteiger partial charge in [0, 0.05) is 36.8 Å². The molecular formula is C18H23ClN8O. The van der Waals surface area contributed by atoms with Crippen molar-refractivity contribution in [2.75, 3.05) is 18.0 Å². The zero-order valence-corrected chi connectivity index (χ0v) is 16.5. The second-order valence-electron chi connectivity index (χ2n) is 6.92. The first kappa shape index (κ1) is 20.0. The fourth-order valence-electron chi connectivity index (χ4n) is 3.30. The van der Waals surface area contributed by atoms with Crippen LogP contribution in [-0.2, 0) is 0 Å². The van der Waals surface area contributed by atoms with Crippen molar-refractivity contribution < 1.29 is 5.11 Å². The van der Waals surface area contributed by atoms with Crippen molar-refractivity contribution in [1.29, 1.82) is 0 Å². The fourth-order valence-corrected chi connectivity index (χ4v) is 3.30. The van der Waals surface area contributed by atoms with Crippen molar-refractivity contribution in [1.82, 2.24) is 35.5 Å². The maximum atomic E-state index is 10.4. The van der Waals surface area contributed by atoms with Gasteiger partial charge >= 0.3 is 0 Å². The van der Waals surface area contributed by atoms with E-state index in [2.05, 4.69) is 49.4 Å². The molecule has 2 N–H and O–H groups in total. The van der Waals surface area contributed by atoms with Crippen molar-refractivity contribution in [3.05, 3.63) is 36.8 Å². The number of rotatable bonds is 5. The van der Waals surface area contributed by atoms with Gasteiger partial charge in [-0.1, -0.05) is 13.8 Å². The number of hydrogen-bond donors (Lipinski definition) is 2. The molecule has 2 aromatic heterocycles. The van der Waals surface area contributed by atoms with Crippen LogP contribution in [0.1, 0.15) is 20.3 Å². The number of phenols is 1. The van der Waals surface area contributed by atoms with Gasteiger partial charge in [0.1, 0.15) is 11.4 Å². The molecule has 3 aromatic rings. The first-order valence-corrected chi connectivity index (χ1v) is 9.01. The number of aromatic hydroxyl groups is 1. The Morgan fingerprint density at radius 1 is 1.18 bits per heavy atom. The van der Waals surface area contributed by atoms with Gasteiger partial charge in [0.2, 0.25) is 5.95 Å². The predicted molar refractivity (Wildman–Crippen MR) is 108 cm³/mol. The lowest BCUT2D eigenvalue weighted by Crippen LogP contribution is -2.37. The third-order valence-corrected chi connectivity index (χ3v) is 4.50. The quantitative estimate of drug-likeness (QED) is 0.665. The number of nitrogens with one attached hydrogen (secondary N) is 1. The molecule has 1 aromatic carbocycles. The molecule has 0 spiro atoms. The van der Waals surface area contributed by atoms with Crippen molar-refractivity contribution in [2.24, 2.45) is 0 Å². The molecule has 0 bridgehead atoms. The van der Waals surface area contributed by atoms with Gasteiger partial charge in [-0.25, -0.2) is 4.98 Å². The van der Waals surface area contributed by atoms with Crippen LogP contribution in [0.4, 0.5) is 5.95 Å². The summed E-state index contributed by atoms with van der Waals surface area (Å²) in [6, 6.07) is 6.07. The lowest BCUT2D eigenvalue weighted by atomic mass is 10.1. The van der Waals surface area contributed by atoms with Crippen LogP contribution in [0.3, 0.4) is 0 Å². The molecule has 4 rings (SSSR count). The zero-order chi connectivity index (χ0) is 18.8. The van der Waals surface area contributed by atoms with E-state index in [4.69, 9.17) is 0 Å². The van der Waals surface area contributed by atoms with Crippen LogP contribution in [-0.4, -0.2) is 60.5 Å². The molecule has 0 amide bonds. The summed E-state index contributed by atoms with van der Waals surface area (Å²) in [5, 5.41) is 30.5. The molecule has 1 aliphatic heterocycles. The summed E-state index contributed by atoms with van der Waals surface area (Å²) in [5.74, 6) is 0.694. The van der Waals surface area contributed by atoms with Crippen LogP contribution in [0.25, 0.3) is 16.9 Å². The standard InChI is InChI=1S/C18H22N8O.ClH/c1-12(2)22-13-5-8-25(11-13)18-19-10-16(23-24-18)15-4-3-14(9-17(15)27)26-20-6-7-21-26;/h3-4,6-7,9-10,12-13,22,27H,5,8,11H2,1-2H3;1H/t13-;/m0./s1. The van der Waals surface area contributed by atoms with Gasteiger partial charge in [-0.15, -0.1) is 22.6 Å². The van der Waals surface area contributed by atoms with Gasteiger partial charge < -0.3 is 15.3 Å². The molecule has 3 heterocycles. The largest absolute Gasteiger partial charge is 0.507 e. The van der Waals surface area contributed by atoms with Crippen molar-refractivity contribution in [3.63, 3.8) is 0 Å². The monoisotopic (exact) mass is 402 g/mol. The van der Waals surface area contributed by atoms with E-state index in [1.165, 1.54) is 4.80 Å². The highest BCUT2D eigenvalue weighted by molar-refractivity contribution is 5.85. The first-order chi connectivity index (χ1) is 13.1. The van der Waals surface area contributed by atoms with Crippen LogP contribution in [0.2, 0.25) is 0 Å². The molecule has 0 unspecified atom stereocenters. The highest BCUT2D eigenvalue weighted by Gasteiger charge is 2.25. The lowest BCUT2D eigenvalue weighted by Gasteiger charge is -2.18. The summed E-state index contributed by atoms with van der Waals surface area (Å²) in [7, 11) is 0. The van der Waals surface area contributed by atoms with Gasteiger partial charge in [-0.2, -0.15) is 15.0 Å². The maximum absolute atomic E-state index is 10.4. The van der Waals surface area contributed by atoms with Gasteiger partial charge in [-0.3, -0.25) is 0 Å². The summed E-state index contributed by atoms with van der Waals surface area (Å²) in [4.78, 5) is 8.01. The van der Waals surface area contributed by atoms with Crippen LogP contribution in [0, 0.1) is 0 Å². The molecule has 9 nitrogen and oxygen atoms in total. The number of phenolic OH excluding ortho intramolecular Hbond substituents is 1. The highest BCUT2D eigenvalue weighted by atomic mass is 35.5. The Bertz CT molecular complexity index is 900. The smallest absolute Gasteiger partial charge is 0.245 e. The van der Waals surface area contributed by atoms with E-state index in [9.17, 15) is 5.11 Å². The maximum Gasteiger partial charge on any atom is 0.245 e. The Balaban J connectivity index is 0.00000225. The lowest BCUT2D eigenvalue weighted by molar-refractivity contribution is 0.476. The number of hydrogen-bond acceptors (Lipinski definition) is 8. The van der Waals surface area contributed by atoms with E-state index < -0.39 is 0 Å². The Morgan fingerprint density at radius 2 is 1.96 bits per heavy atom. The van der Waals surface area contributed by atoms with Crippen molar-refractivity contribution in [2.45, 2.75) is 32.4 Å². The number of anilines is 1. The molecule has 1 atom stereocenters. The minimum absolute atomic E-state index is 0. The number of benzene rings is 1. The number of aromatic nitrogens is 6. The summed E-state index contributed by atoms with van der Waals surface area (Å²) in [5.41, 5.74) is 1.75. The normalized spacial score (nSPS) is 16.4. The Morgan fingerprint density at radius 3 is 2.61 bits per heavy atom. The van der Waals surface area contributed by atoms with E-state index in [0.717, 1.165) is 19.5 Å². The second-order valence-corrected chi connectivity index (χ2v) is 6.92. The molecule has 10 heteroatoms. The molecule has 0 aliphatic carbocycles. The van der Waals surface area contributed by atoms with Crippen LogP contribution >= 0.6 is 12.4 Å². The first-order valence-electron chi connectivity index (χ1n) is 9.01. The van der Waals surface area contributed by atoms with Gasteiger partial charge in [-0.05, 0) is 18.6 Å². The van der Waals surface area contributed by atoms with E-state index in [-0.39, 0.29) is 18.2 Å². The van der Waals surface area contributed by atoms with E-state index in [1.54, 1.807) is 30.7 Å². The third-order valence-electron chi connectivity index (χ3n) is 4.50. The molecule has 1 aliphatic rings. The second kappa shape index (κ2) is 8.49. The summed E-state index contributed by atoms with van der Waals surface area (Å²) < 4.78 is 0. The van der Waals surface area contributed by atoms with Crippen molar-refractivity contribution >= 4 is 18.4 Å².